The average Bonchev–Trinajstić information content (AvgIpc) is 3.17. The molecule has 3 atom stereocenters. The minimum Gasteiger partial charge on any atom is -0.465 e. The topological polar surface area (TPSA) is 62.6 Å². The van der Waals surface area contributed by atoms with Crippen LogP contribution in [0, 0.1) is 23.2 Å². The van der Waals surface area contributed by atoms with E-state index < -0.39 is 5.92 Å². The predicted octanol–water partition coefficient (Wildman–Crippen LogP) is 2.89. The third-order valence-electron chi connectivity index (χ3n) is 4.54. The third kappa shape index (κ3) is 2.07. The fourth-order valence-corrected chi connectivity index (χ4v) is 4.83. The maximum atomic E-state index is 12.5. The first-order valence-electron chi connectivity index (χ1n) is 7.75. The molecule has 0 N–H and O–H groups in total. The Labute approximate surface area is 138 Å². The summed E-state index contributed by atoms with van der Waals surface area (Å²) in [4.78, 5) is 15.7. The SMILES string of the molecule is CCOC(=O)[C@H]1C(C#N)=C2Sc3ccccc3N2[C@H]2OCC[C@@H]12. The van der Waals surface area contributed by atoms with Crippen LogP contribution in [0.1, 0.15) is 13.3 Å². The van der Waals surface area contributed by atoms with E-state index in [1.165, 1.54) is 11.8 Å². The molecule has 23 heavy (non-hydrogen) atoms. The van der Waals surface area contributed by atoms with Crippen molar-refractivity contribution in [1.82, 2.24) is 0 Å². The van der Waals surface area contributed by atoms with E-state index in [2.05, 4.69) is 11.0 Å². The molecule has 1 saturated heterocycles. The maximum Gasteiger partial charge on any atom is 0.314 e. The Kier molecular flexibility index (Phi) is 3.55. The lowest BCUT2D eigenvalue weighted by Crippen LogP contribution is -2.47. The van der Waals surface area contributed by atoms with E-state index in [0.29, 0.717) is 18.8 Å². The van der Waals surface area contributed by atoms with Crippen molar-refractivity contribution in [2.75, 3.05) is 18.1 Å². The van der Waals surface area contributed by atoms with Crippen LogP contribution in [0.25, 0.3) is 0 Å². The number of ether oxygens (including phenoxy) is 2. The molecule has 0 radical (unpaired) electrons. The van der Waals surface area contributed by atoms with Gasteiger partial charge in [-0.3, -0.25) is 4.79 Å². The lowest BCUT2D eigenvalue weighted by molar-refractivity contribution is -0.149. The highest BCUT2D eigenvalue weighted by atomic mass is 32.2. The molecule has 3 heterocycles. The summed E-state index contributed by atoms with van der Waals surface area (Å²) in [6.07, 6.45) is 0.559. The van der Waals surface area contributed by atoms with Crippen molar-refractivity contribution in [3.8, 4) is 6.07 Å². The van der Waals surface area contributed by atoms with Crippen LogP contribution in [-0.4, -0.2) is 25.4 Å². The van der Waals surface area contributed by atoms with Crippen molar-refractivity contribution in [3.63, 3.8) is 0 Å². The highest BCUT2D eigenvalue weighted by molar-refractivity contribution is 8.03. The van der Waals surface area contributed by atoms with Crippen molar-refractivity contribution >= 4 is 23.4 Å². The van der Waals surface area contributed by atoms with Gasteiger partial charge in [-0.15, -0.1) is 0 Å². The van der Waals surface area contributed by atoms with Gasteiger partial charge in [-0.1, -0.05) is 23.9 Å². The summed E-state index contributed by atoms with van der Waals surface area (Å²) < 4.78 is 11.2. The molecular weight excluding hydrogens is 312 g/mol. The largest absolute Gasteiger partial charge is 0.465 e. The number of thioether (sulfide) groups is 1. The number of hydrogen-bond donors (Lipinski definition) is 0. The van der Waals surface area contributed by atoms with E-state index in [1.807, 2.05) is 24.3 Å². The number of fused-ring (bicyclic) bond motifs is 5. The number of anilines is 1. The van der Waals surface area contributed by atoms with E-state index in [-0.39, 0.29) is 18.1 Å². The van der Waals surface area contributed by atoms with Crippen LogP contribution < -0.4 is 4.90 Å². The van der Waals surface area contributed by atoms with Crippen molar-refractivity contribution in [2.24, 2.45) is 11.8 Å². The van der Waals surface area contributed by atoms with Crippen LogP contribution in [0.2, 0.25) is 0 Å². The number of nitriles is 1. The van der Waals surface area contributed by atoms with Crippen molar-refractivity contribution in [2.45, 2.75) is 24.5 Å². The molecule has 3 aliphatic rings. The van der Waals surface area contributed by atoms with E-state index in [0.717, 1.165) is 22.0 Å². The Bertz CT molecular complexity index is 740. The maximum absolute atomic E-state index is 12.5. The predicted molar refractivity (Wildman–Crippen MR) is 85.4 cm³/mol. The van der Waals surface area contributed by atoms with E-state index in [4.69, 9.17) is 9.47 Å². The molecule has 1 aromatic carbocycles. The summed E-state index contributed by atoms with van der Waals surface area (Å²) in [6, 6.07) is 10.3. The lowest BCUT2D eigenvalue weighted by Gasteiger charge is -2.39. The molecule has 0 saturated carbocycles. The Balaban J connectivity index is 1.86. The summed E-state index contributed by atoms with van der Waals surface area (Å²) in [7, 11) is 0. The molecule has 0 aliphatic carbocycles. The van der Waals surface area contributed by atoms with Crippen LogP contribution in [0.3, 0.4) is 0 Å². The third-order valence-corrected chi connectivity index (χ3v) is 5.72. The van der Waals surface area contributed by atoms with Gasteiger partial charge in [0.1, 0.15) is 12.1 Å². The zero-order valence-electron chi connectivity index (χ0n) is 12.7. The molecular formula is C17H16N2O3S. The summed E-state index contributed by atoms with van der Waals surface area (Å²) in [5, 5.41) is 10.5. The first-order chi connectivity index (χ1) is 11.3. The molecule has 1 fully saturated rings. The molecule has 118 valence electrons. The van der Waals surface area contributed by atoms with E-state index in [1.54, 1.807) is 6.92 Å². The minimum atomic E-state index is -0.527. The second kappa shape index (κ2) is 5.59. The number of carbonyl (C=O) groups excluding carboxylic acids is 1. The first kappa shape index (κ1) is 14.6. The Morgan fingerprint density at radius 1 is 1.52 bits per heavy atom. The number of nitrogens with zero attached hydrogens (tertiary/aromatic N) is 2. The van der Waals surface area contributed by atoms with Gasteiger partial charge in [-0.05, 0) is 25.5 Å². The lowest BCUT2D eigenvalue weighted by atomic mass is 9.81. The Morgan fingerprint density at radius 2 is 2.35 bits per heavy atom. The summed E-state index contributed by atoms with van der Waals surface area (Å²) in [5.41, 5.74) is 1.57. The van der Waals surface area contributed by atoms with Crippen LogP contribution in [0.4, 0.5) is 5.69 Å². The number of carbonyl (C=O) groups is 1. The van der Waals surface area contributed by atoms with Gasteiger partial charge in [0, 0.05) is 17.4 Å². The van der Waals surface area contributed by atoms with Gasteiger partial charge in [0.15, 0.2) is 0 Å². The number of hydrogen-bond acceptors (Lipinski definition) is 6. The number of esters is 1. The zero-order valence-corrected chi connectivity index (χ0v) is 13.5. The molecule has 4 rings (SSSR count). The van der Waals surface area contributed by atoms with Gasteiger partial charge in [0.2, 0.25) is 0 Å². The molecule has 6 heteroatoms. The van der Waals surface area contributed by atoms with Gasteiger partial charge in [-0.2, -0.15) is 5.26 Å². The summed E-state index contributed by atoms with van der Waals surface area (Å²) in [5.74, 6) is -0.882. The number of rotatable bonds is 2. The highest BCUT2D eigenvalue weighted by Gasteiger charge is 2.52. The average molecular weight is 328 g/mol. The van der Waals surface area contributed by atoms with Crippen LogP contribution in [0.15, 0.2) is 39.8 Å². The molecule has 0 unspecified atom stereocenters. The second-order valence-corrected chi connectivity index (χ2v) is 6.74. The van der Waals surface area contributed by atoms with Crippen molar-refractivity contribution in [3.05, 3.63) is 34.9 Å². The van der Waals surface area contributed by atoms with Gasteiger partial charge in [0.25, 0.3) is 0 Å². The minimum absolute atomic E-state index is 0.0424. The van der Waals surface area contributed by atoms with Crippen LogP contribution >= 0.6 is 11.8 Å². The van der Waals surface area contributed by atoms with Crippen molar-refractivity contribution < 1.29 is 14.3 Å². The molecule has 0 aromatic heterocycles. The molecule has 3 aliphatic heterocycles. The standard InChI is InChI=1S/C17H16N2O3S/c1-2-21-17(20)14-10-7-8-22-15(10)19-12-5-3-4-6-13(12)23-16(19)11(14)9-18/h3-6,10,14-15H,2,7-8H2,1H3/t10-,14+,15-/m0/s1. The van der Waals surface area contributed by atoms with Gasteiger partial charge in [-0.25, -0.2) is 0 Å². The fraction of sp³-hybridized carbons (Fsp3) is 0.412. The zero-order chi connectivity index (χ0) is 16.0. The van der Waals surface area contributed by atoms with Gasteiger partial charge in [0.05, 0.1) is 29.0 Å². The quantitative estimate of drug-likeness (QED) is 0.778. The van der Waals surface area contributed by atoms with Crippen molar-refractivity contribution in [1.29, 1.82) is 5.26 Å². The van der Waals surface area contributed by atoms with Gasteiger partial charge >= 0.3 is 5.97 Å². The first-order valence-corrected chi connectivity index (χ1v) is 8.56. The molecule has 1 aromatic rings. The molecule has 0 amide bonds. The monoisotopic (exact) mass is 328 g/mol. The van der Waals surface area contributed by atoms with Crippen LogP contribution in [-0.2, 0) is 14.3 Å². The fourth-order valence-electron chi connectivity index (χ4n) is 3.62. The highest BCUT2D eigenvalue weighted by Crippen LogP contribution is 2.55. The molecule has 5 nitrogen and oxygen atoms in total. The summed E-state index contributed by atoms with van der Waals surface area (Å²) in [6.45, 7) is 2.70. The van der Waals surface area contributed by atoms with E-state index >= 15 is 0 Å². The van der Waals surface area contributed by atoms with Gasteiger partial charge < -0.3 is 14.4 Å². The van der Waals surface area contributed by atoms with E-state index in [9.17, 15) is 10.1 Å². The normalized spacial score (nSPS) is 28.0. The molecule has 0 bridgehead atoms. The second-order valence-electron chi connectivity index (χ2n) is 5.71. The number of benzene rings is 1. The number of para-hydroxylation sites is 1. The van der Waals surface area contributed by atoms with Crippen LogP contribution in [0.5, 0.6) is 0 Å². The summed E-state index contributed by atoms with van der Waals surface area (Å²) >= 11 is 1.54. The smallest absolute Gasteiger partial charge is 0.314 e. The Hall–Kier alpha value is -1.97. The molecule has 0 spiro atoms. The Morgan fingerprint density at radius 3 is 3.13 bits per heavy atom.